The fourth-order valence-corrected chi connectivity index (χ4v) is 5.41. The molecule has 2 aliphatic rings. The van der Waals surface area contributed by atoms with Gasteiger partial charge in [0.05, 0.1) is 24.2 Å². The van der Waals surface area contributed by atoms with E-state index in [2.05, 4.69) is 14.6 Å². The molecule has 3 N–H and O–H groups in total. The molecule has 1 aliphatic carbocycles. The van der Waals surface area contributed by atoms with Crippen molar-refractivity contribution >= 4 is 28.4 Å². The SMILES string of the molecule is CN(Cc1ccccc1)c1cc(-c2cn(C3CCOCC3)c3ncc(F)cc23)nc2c(C(N)=O)cnn12.OC1CCC1. The van der Waals surface area contributed by atoms with E-state index in [9.17, 15) is 9.18 Å². The van der Waals surface area contributed by atoms with E-state index in [1.54, 1.807) is 4.52 Å². The summed E-state index contributed by atoms with van der Waals surface area (Å²) >= 11 is 0. The number of carbonyl (C=O) groups excluding carboxylic acids is 1. The number of pyridine rings is 1. The molecule has 2 fully saturated rings. The van der Waals surface area contributed by atoms with Gasteiger partial charge in [0.2, 0.25) is 0 Å². The van der Waals surface area contributed by atoms with E-state index in [-0.39, 0.29) is 17.7 Å². The fraction of sp³-hybridized carbons (Fsp3) is 0.355. The largest absolute Gasteiger partial charge is 0.393 e. The van der Waals surface area contributed by atoms with Gasteiger partial charge in [-0.15, -0.1) is 0 Å². The molecular formula is C31H34FN7O3. The average Bonchev–Trinajstić information content (AvgIpc) is 3.59. The van der Waals surface area contributed by atoms with Crippen molar-refractivity contribution in [1.29, 1.82) is 0 Å². The Kier molecular flexibility index (Phi) is 7.86. The van der Waals surface area contributed by atoms with Gasteiger partial charge >= 0.3 is 0 Å². The first-order valence-electron chi connectivity index (χ1n) is 14.2. The van der Waals surface area contributed by atoms with Crippen LogP contribution in [-0.4, -0.2) is 61.5 Å². The molecule has 1 aromatic carbocycles. The van der Waals surface area contributed by atoms with Gasteiger partial charge in [-0.2, -0.15) is 9.61 Å². The number of carbonyl (C=O) groups is 1. The number of halogens is 1. The highest BCUT2D eigenvalue weighted by Gasteiger charge is 2.24. The van der Waals surface area contributed by atoms with E-state index in [1.165, 1.54) is 24.9 Å². The number of benzene rings is 1. The molecule has 0 spiro atoms. The van der Waals surface area contributed by atoms with Crippen LogP contribution >= 0.6 is 0 Å². The lowest BCUT2D eigenvalue weighted by molar-refractivity contribution is 0.0706. The minimum atomic E-state index is -0.617. The Morgan fingerprint density at radius 3 is 2.52 bits per heavy atom. The number of hydrogen-bond donors (Lipinski definition) is 2. The molecule has 218 valence electrons. The maximum atomic E-state index is 14.4. The molecule has 4 aromatic heterocycles. The number of ether oxygens (including phenoxy) is 1. The van der Waals surface area contributed by atoms with Crippen LogP contribution in [0.1, 0.15) is 54.1 Å². The Morgan fingerprint density at radius 2 is 1.86 bits per heavy atom. The van der Waals surface area contributed by atoms with Crippen LogP contribution in [0.25, 0.3) is 27.9 Å². The average molecular weight is 572 g/mol. The standard InChI is InChI=1S/C27H26FN7O2.C4H8O/c1-33(15-17-5-3-2-4-6-17)24-12-23(32-27-21(25(29)36)14-31-35(24)27)22-16-34(19-7-9-37-10-8-19)26-20(22)11-18(28)13-30-26;5-4-2-1-3-4/h2-6,11-14,16,19H,7-10,15H2,1H3,(H2,29,36);4-5H,1-3H2. The zero-order chi connectivity index (χ0) is 29.2. The van der Waals surface area contributed by atoms with E-state index in [0.717, 1.165) is 36.8 Å². The summed E-state index contributed by atoms with van der Waals surface area (Å²) in [5, 5.41) is 13.5. The van der Waals surface area contributed by atoms with Gasteiger partial charge in [-0.05, 0) is 43.7 Å². The number of aliphatic hydroxyl groups excluding tert-OH is 1. The molecule has 5 heterocycles. The van der Waals surface area contributed by atoms with Crippen LogP contribution in [0.4, 0.5) is 10.2 Å². The summed E-state index contributed by atoms with van der Waals surface area (Å²) in [5.41, 5.74) is 9.31. The molecular weight excluding hydrogens is 537 g/mol. The van der Waals surface area contributed by atoms with Gasteiger partial charge in [0.15, 0.2) is 5.65 Å². The van der Waals surface area contributed by atoms with Crippen molar-refractivity contribution in [3.63, 3.8) is 0 Å². The Hall–Kier alpha value is -4.35. The highest BCUT2D eigenvalue weighted by atomic mass is 19.1. The van der Waals surface area contributed by atoms with Crippen molar-refractivity contribution in [2.75, 3.05) is 25.2 Å². The third-order valence-corrected chi connectivity index (χ3v) is 7.94. The molecule has 0 bridgehead atoms. The molecule has 7 rings (SSSR count). The number of nitrogens with zero attached hydrogens (tertiary/aromatic N) is 6. The number of primary amides is 1. The van der Waals surface area contributed by atoms with E-state index < -0.39 is 11.7 Å². The summed E-state index contributed by atoms with van der Waals surface area (Å²) in [6.45, 7) is 1.93. The lowest BCUT2D eigenvalue weighted by Crippen LogP contribution is -2.20. The topological polar surface area (TPSA) is 124 Å². The van der Waals surface area contributed by atoms with Crippen LogP contribution < -0.4 is 10.6 Å². The first-order chi connectivity index (χ1) is 20.4. The van der Waals surface area contributed by atoms with Crippen molar-refractivity contribution in [2.24, 2.45) is 5.73 Å². The first kappa shape index (κ1) is 27.8. The Morgan fingerprint density at radius 1 is 1.12 bits per heavy atom. The number of aromatic nitrogens is 5. The lowest BCUT2D eigenvalue weighted by atomic mass is 9.97. The summed E-state index contributed by atoms with van der Waals surface area (Å²) < 4.78 is 23.7. The number of amides is 1. The number of anilines is 1. The summed E-state index contributed by atoms with van der Waals surface area (Å²) in [6.07, 6.45) is 9.72. The van der Waals surface area contributed by atoms with Crippen molar-refractivity contribution in [3.05, 3.63) is 78.0 Å². The van der Waals surface area contributed by atoms with Gasteiger partial charge in [-0.25, -0.2) is 14.4 Å². The minimum Gasteiger partial charge on any atom is -0.393 e. The predicted octanol–water partition coefficient (Wildman–Crippen LogP) is 4.50. The fourth-order valence-electron chi connectivity index (χ4n) is 5.41. The molecule has 1 amide bonds. The molecule has 1 saturated carbocycles. The number of nitrogens with two attached hydrogens (primary N) is 1. The second-order valence-corrected chi connectivity index (χ2v) is 10.9. The molecule has 42 heavy (non-hydrogen) atoms. The Labute approximate surface area is 242 Å². The summed E-state index contributed by atoms with van der Waals surface area (Å²) in [5.74, 6) is -0.329. The molecule has 0 unspecified atom stereocenters. The minimum absolute atomic E-state index is 0.0648. The number of hydrogen-bond acceptors (Lipinski definition) is 7. The third-order valence-electron chi connectivity index (χ3n) is 7.94. The van der Waals surface area contributed by atoms with Crippen LogP contribution in [0.3, 0.4) is 0 Å². The molecule has 10 nitrogen and oxygen atoms in total. The number of rotatable bonds is 6. The van der Waals surface area contributed by atoms with E-state index in [0.29, 0.717) is 48.0 Å². The third kappa shape index (κ3) is 5.57. The molecule has 11 heteroatoms. The van der Waals surface area contributed by atoms with Gasteiger partial charge < -0.3 is 25.0 Å². The second-order valence-electron chi connectivity index (χ2n) is 10.9. The van der Waals surface area contributed by atoms with E-state index in [1.807, 2.05) is 54.5 Å². The Balaban J connectivity index is 0.000000573. The zero-order valence-electron chi connectivity index (χ0n) is 23.5. The smallest absolute Gasteiger partial charge is 0.254 e. The van der Waals surface area contributed by atoms with Gasteiger partial charge in [0.25, 0.3) is 5.91 Å². The number of aliphatic hydroxyl groups is 1. The van der Waals surface area contributed by atoms with Crippen LogP contribution in [0.5, 0.6) is 0 Å². The summed E-state index contributed by atoms with van der Waals surface area (Å²) in [6, 6.07) is 13.6. The predicted molar refractivity (Wildman–Crippen MR) is 158 cm³/mol. The maximum absolute atomic E-state index is 14.4. The molecule has 1 saturated heterocycles. The van der Waals surface area contributed by atoms with Crippen molar-refractivity contribution in [3.8, 4) is 11.3 Å². The highest BCUT2D eigenvalue weighted by Crippen LogP contribution is 2.36. The zero-order valence-corrected chi connectivity index (χ0v) is 23.5. The summed E-state index contributed by atoms with van der Waals surface area (Å²) in [4.78, 5) is 23.5. The van der Waals surface area contributed by atoms with Gasteiger partial charge in [-0.3, -0.25) is 4.79 Å². The van der Waals surface area contributed by atoms with Crippen LogP contribution in [0, 0.1) is 5.82 Å². The molecule has 0 radical (unpaired) electrons. The maximum Gasteiger partial charge on any atom is 0.254 e. The van der Waals surface area contributed by atoms with Crippen molar-refractivity contribution < 1.29 is 19.0 Å². The first-order valence-corrected chi connectivity index (χ1v) is 14.2. The lowest BCUT2D eigenvalue weighted by Gasteiger charge is -2.24. The van der Waals surface area contributed by atoms with Crippen LogP contribution in [0.2, 0.25) is 0 Å². The Bertz CT molecular complexity index is 1710. The molecule has 5 aromatic rings. The molecule has 0 atom stereocenters. The van der Waals surface area contributed by atoms with Crippen LogP contribution in [-0.2, 0) is 11.3 Å². The highest BCUT2D eigenvalue weighted by molar-refractivity contribution is 6.00. The van der Waals surface area contributed by atoms with E-state index in [4.69, 9.17) is 20.6 Å². The second kappa shape index (κ2) is 11.9. The summed E-state index contributed by atoms with van der Waals surface area (Å²) in [7, 11) is 1.95. The molecule has 1 aliphatic heterocycles. The number of fused-ring (bicyclic) bond motifs is 2. The van der Waals surface area contributed by atoms with Gasteiger partial charge in [-0.1, -0.05) is 30.3 Å². The van der Waals surface area contributed by atoms with Crippen molar-refractivity contribution in [1.82, 2.24) is 24.1 Å². The van der Waals surface area contributed by atoms with Gasteiger partial charge in [0.1, 0.15) is 22.8 Å². The van der Waals surface area contributed by atoms with Crippen molar-refractivity contribution in [2.45, 2.75) is 50.8 Å². The quantitative estimate of drug-likeness (QED) is 0.308. The van der Waals surface area contributed by atoms with Gasteiger partial charge in [0, 0.05) is 56.1 Å². The normalized spacial score (nSPS) is 15.8. The van der Waals surface area contributed by atoms with E-state index >= 15 is 0 Å². The van der Waals surface area contributed by atoms with Crippen LogP contribution in [0.15, 0.2) is 61.1 Å². The monoisotopic (exact) mass is 571 g/mol.